The molecular formula is C23H22N2O2S2. The summed E-state index contributed by atoms with van der Waals surface area (Å²) in [5.74, 6) is 0.610. The molecule has 0 bridgehead atoms. The van der Waals surface area contributed by atoms with Crippen molar-refractivity contribution >= 4 is 50.8 Å². The highest BCUT2D eigenvalue weighted by molar-refractivity contribution is 8.00. The third-order valence-electron chi connectivity index (χ3n) is 5.90. The summed E-state index contributed by atoms with van der Waals surface area (Å²) in [7, 11) is 0. The van der Waals surface area contributed by atoms with Crippen LogP contribution in [0.1, 0.15) is 36.8 Å². The Kier molecular flexibility index (Phi) is 4.92. The number of rotatable bonds is 4. The van der Waals surface area contributed by atoms with Gasteiger partial charge in [-0.25, -0.2) is 4.98 Å². The van der Waals surface area contributed by atoms with Crippen molar-refractivity contribution in [2.45, 2.75) is 42.7 Å². The molecule has 1 saturated carbocycles. The second kappa shape index (κ2) is 7.58. The molecule has 29 heavy (non-hydrogen) atoms. The Bertz CT molecular complexity index is 1080. The van der Waals surface area contributed by atoms with Crippen LogP contribution in [0.5, 0.6) is 0 Å². The van der Waals surface area contributed by atoms with Crippen molar-refractivity contribution in [1.82, 2.24) is 4.98 Å². The highest BCUT2D eigenvalue weighted by Crippen LogP contribution is 2.41. The zero-order chi connectivity index (χ0) is 20.0. The quantitative estimate of drug-likeness (QED) is 0.407. The van der Waals surface area contributed by atoms with Gasteiger partial charge in [0.1, 0.15) is 0 Å². The van der Waals surface area contributed by atoms with E-state index in [1.54, 1.807) is 23.1 Å². The standard InChI is InChI=1S/C23H22N2O2S2/c1-14-5-4-6-15(11-14)13-28-23-24-19-10-9-16(12-20(19)29-23)25-21(26)17-7-2-3-8-18(17)22(25)27/h4-6,9-12,17-18H,2-3,7-8,13H2,1H3/t17-,18-/m0/s1. The number of aryl methyl sites for hydroxylation is 1. The molecule has 3 aromatic rings. The van der Waals surface area contributed by atoms with E-state index in [-0.39, 0.29) is 23.7 Å². The molecule has 1 aromatic heterocycles. The van der Waals surface area contributed by atoms with Crippen molar-refractivity contribution in [3.63, 3.8) is 0 Å². The summed E-state index contributed by atoms with van der Waals surface area (Å²) >= 11 is 3.35. The lowest BCUT2D eigenvalue weighted by Gasteiger charge is -2.19. The summed E-state index contributed by atoms with van der Waals surface area (Å²) in [5.41, 5.74) is 4.16. The summed E-state index contributed by atoms with van der Waals surface area (Å²) in [6, 6.07) is 14.3. The SMILES string of the molecule is Cc1cccc(CSc2nc3ccc(N4C(=O)[C@H]5CCCC[C@@H]5C4=O)cc3s2)c1. The smallest absolute Gasteiger partial charge is 0.237 e. The Balaban J connectivity index is 1.38. The molecule has 5 rings (SSSR count). The van der Waals surface area contributed by atoms with Crippen LogP contribution in [0, 0.1) is 18.8 Å². The van der Waals surface area contributed by atoms with Crippen LogP contribution in [0.15, 0.2) is 46.8 Å². The van der Waals surface area contributed by atoms with Crippen LogP contribution < -0.4 is 4.90 Å². The van der Waals surface area contributed by atoms with Crippen molar-refractivity contribution in [2.75, 3.05) is 4.90 Å². The molecular weight excluding hydrogens is 400 g/mol. The van der Waals surface area contributed by atoms with Gasteiger partial charge in [0.25, 0.3) is 0 Å². The first kappa shape index (κ1) is 18.8. The molecule has 1 saturated heterocycles. The molecule has 2 fully saturated rings. The van der Waals surface area contributed by atoms with Gasteiger partial charge >= 0.3 is 0 Å². The van der Waals surface area contributed by atoms with E-state index < -0.39 is 0 Å². The maximum absolute atomic E-state index is 12.9. The fraction of sp³-hybridized carbons (Fsp3) is 0.348. The minimum Gasteiger partial charge on any atom is -0.274 e. The van der Waals surface area contributed by atoms with E-state index in [9.17, 15) is 9.59 Å². The van der Waals surface area contributed by atoms with Gasteiger partial charge in [0.2, 0.25) is 11.8 Å². The monoisotopic (exact) mass is 422 g/mol. The molecule has 2 aromatic carbocycles. The third kappa shape index (κ3) is 3.49. The van der Waals surface area contributed by atoms with Crippen LogP contribution in [-0.4, -0.2) is 16.8 Å². The number of imide groups is 1. The van der Waals surface area contributed by atoms with Crippen molar-refractivity contribution in [2.24, 2.45) is 11.8 Å². The molecule has 1 aliphatic heterocycles. The second-order valence-corrected chi connectivity index (χ2v) is 10.2. The maximum atomic E-state index is 12.9. The van der Waals surface area contributed by atoms with Crippen molar-refractivity contribution in [3.8, 4) is 0 Å². The Morgan fingerprint density at radius 1 is 1.07 bits per heavy atom. The minimum absolute atomic E-state index is 0.0161. The van der Waals surface area contributed by atoms with Crippen molar-refractivity contribution < 1.29 is 9.59 Å². The molecule has 0 unspecified atom stereocenters. The third-order valence-corrected chi connectivity index (χ3v) is 8.13. The van der Waals surface area contributed by atoms with Crippen molar-refractivity contribution in [1.29, 1.82) is 0 Å². The van der Waals surface area contributed by atoms with E-state index in [4.69, 9.17) is 4.98 Å². The summed E-state index contributed by atoms with van der Waals surface area (Å²) in [4.78, 5) is 31.9. The highest BCUT2D eigenvalue weighted by Gasteiger charge is 2.48. The van der Waals surface area contributed by atoms with E-state index >= 15 is 0 Å². The molecule has 2 heterocycles. The van der Waals surface area contributed by atoms with Gasteiger partial charge in [-0.1, -0.05) is 54.4 Å². The summed E-state index contributed by atoms with van der Waals surface area (Å²) in [6.45, 7) is 2.10. The number of aromatic nitrogens is 1. The number of hydrogen-bond acceptors (Lipinski definition) is 5. The average Bonchev–Trinajstić information content (AvgIpc) is 3.25. The predicted octanol–water partition coefficient (Wildman–Crippen LogP) is 5.58. The number of benzene rings is 2. The van der Waals surface area contributed by atoms with Gasteiger partial charge in [-0.3, -0.25) is 14.5 Å². The number of anilines is 1. The number of carbonyl (C=O) groups is 2. The van der Waals surface area contributed by atoms with Crippen LogP contribution in [0.2, 0.25) is 0 Å². The fourth-order valence-corrected chi connectivity index (χ4v) is 6.50. The topological polar surface area (TPSA) is 50.3 Å². The first-order chi connectivity index (χ1) is 14.1. The fourth-order valence-electron chi connectivity index (χ4n) is 4.46. The zero-order valence-corrected chi connectivity index (χ0v) is 17.9. The van der Waals surface area contributed by atoms with Crippen LogP contribution in [0.4, 0.5) is 5.69 Å². The number of fused-ring (bicyclic) bond motifs is 2. The lowest BCUT2D eigenvalue weighted by atomic mass is 9.81. The molecule has 2 aliphatic rings. The molecule has 4 nitrogen and oxygen atoms in total. The van der Waals surface area contributed by atoms with Gasteiger partial charge in [-0.15, -0.1) is 11.3 Å². The number of thioether (sulfide) groups is 1. The Morgan fingerprint density at radius 2 is 1.83 bits per heavy atom. The van der Waals surface area contributed by atoms with E-state index in [2.05, 4.69) is 31.2 Å². The maximum Gasteiger partial charge on any atom is 0.237 e. The first-order valence-electron chi connectivity index (χ1n) is 10.1. The predicted molar refractivity (Wildman–Crippen MR) is 118 cm³/mol. The van der Waals surface area contributed by atoms with Gasteiger partial charge in [-0.2, -0.15) is 0 Å². The van der Waals surface area contributed by atoms with E-state index in [1.165, 1.54) is 16.0 Å². The second-order valence-electron chi connectivity index (χ2n) is 7.92. The molecule has 6 heteroatoms. The zero-order valence-electron chi connectivity index (χ0n) is 16.3. The highest BCUT2D eigenvalue weighted by atomic mass is 32.2. The number of hydrogen-bond donors (Lipinski definition) is 0. The van der Waals surface area contributed by atoms with Gasteiger partial charge in [-0.05, 0) is 43.5 Å². The Hall–Kier alpha value is -2.18. The number of amides is 2. The summed E-state index contributed by atoms with van der Waals surface area (Å²) in [5, 5.41) is 0. The van der Waals surface area contributed by atoms with E-state index in [0.717, 1.165) is 46.0 Å². The molecule has 0 radical (unpaired) electrons. The average molecular weight is 423 g/mol. The normalized spacial score (nSPS) is 21.8. The van der Waals surface area contributed by atoms with Gasteiger partial charge in [0.05, 0.1) is 27.7 Å². The lowest BCUT2D eigenvalue weighted by Crippen LogP contribution is -2.30. The van der Waals surface area contributed by atoms with Gasteiger partial charge in [0.15, 0.2) is 4.34 Å². The van der Waals surface area contributed by atoms with Crippen molar-refractivity contribution in [3.05, 3.63) is 53.6 Å². The van der Waals surface area contributed by atoms with E-state index in [1.807, 2.05) is 18.2 Å². The number of nitrogens with zero attached hydrogens (tertiary/aromatic N) is 2. The van der Waals surface area contributed by atoms with Crippen LogP contribution in [0.3, 0.4) is 0 Å². The minimum atomic E-state index is -0.117. The van der Waals surface area contributed by atoms with Gasteiger partial charge < -0.3 is 0 Å². The number of carbonyl (C=O) groups excluding carboxylic acids is 2. The van der Waals surface area contributed by atoms with Crippen LogP contribution in [-0.2, 0) is 15.3 Å². The lowest BCUT2D eigenvalue weighted by molar-refractivity contribution is -0.122. The number of thiazole rings is 1. The molecule has 1 aliphatic carbocycles. The molecule has 0 N–H and O–H groups in total. The first-order valence-corrected chi connectivity index (χ1v) is 11.9. The van der Waals surface area contributed by atoms with Crippen LogP contribution >= 0.6 is 23.1 Å². The van der Waals surface area contributed by atoms with E-state index in [0.29, 0.717) is 5.69 Å². The molecule has 2 atom stereocenters. The summed E-state index contributed by atoms with van der Waals surface area (Å²) in [6.07, 6.45) is 3.77. The molecule has 2 amide bonds. The summed E-state index contributed by atoms with van der Waals surface area (Å²) < 4.78 is 2.02. The van der Waals surface area contributed by atoms with Crippen LogP contribution in [0.25, 0.3) is 10.2 Å². The largest absolute Gasteiger partial charge is 0.274 e. The molecule has 0 spiro atoms. The Morgan fingerprint density at radius 3 is 2.55 bits per heavy atom. The Labute approximate surface area is 178 Å². The van der Waals surface area contributed by atoms with Gasteiger partial charge in [0, 0.05) is 5.75 Å². The molecule has 148 valence electrons.